The third-order valence-corrected chi connectivity index (χ3v) is 10.1. The molecule has 2 unspecified atom stereocenters. The molecule has 238 valence electrons. The van der Waals surface area contributed by atoms with E-state index in [9.17, 15) is 27.8 Å². The van der Waals surface area contributed by atoms with Crippen LogP contribution in [0.2, 0.25) is 0 Å². The van der Waals surface area contributed by atoms with Gasteiger partial charge >= 0.3 is 13.3 Å². The van der Waals surface area contributed by atoms with E-state index in [2.05, 4.69) is 11.9 Å². The van der Waals surface area contributed by atoms with Crippen molar-refractivity contribution >= 4 is 23.3 Å². The van der Waals surface area contributed by atoms with Crippen LogP contribution >= 0.6 is 7.60 Å². The first-order valence-electron chi connectivity index (χ1n) is 14.7. The molecule has 1 aliphatic rings. The van der Waals surface area contributed by atoms with Crippen molar-refractivity contribution in [2.24, 2.45) is 5.41 Å². The summed E-state index contributed by atoms with van der Waals surface area (Å²) in [7, 11) is -7.44. The molecule has 0 radical (unpaired) electrons. The lowest BCUT2D eigenvalue weighted by Gasteiger charge is -2.38. The topological polar surface area (TPSA) is 180 Å². The van der Waals surface area contributed by atoms with Gasteiger partial charge in [0.2, 0.25) is 0 Å². The average Bonchev–Trinajstić information content (AvgIpc) is 2.90. The number of nitrogens with two attached hydrogens (primary N) is 1. The Kier molecular flexibility index (Phi) is 16.0. The molecule has 14 heteroatoms. The minimum Gasteiger partial charge on any atom is -0.394 e. The van der Waals surface area contributed by atoms with E-state index in [-0.39, 0.29) is 36.9 Å². The highest BCUT2D eigenvalue weighted by Crippen LogP contribution is 2.42. The third-order valence-electron chi connectivity index (χ3n) is 7.25. The Bertz CT molecular complexity index is 1100. The van der Waals surface area contributed by atoms with Crippen LogP contribution < -0.4 is 11.4 Å². The summed E-state index contributed by atoms with van der Waals surface area (Å²) < 4.78 is 53.5. The number of sulfone groups is 1. The first kappa shape index (κ1) is 35.9. The van der Waals surface area contributed by atoms with Gasteiger partial charge in [-0.05, 0) is 25.3 Å². The van der Waals surface area contributed by atoms with Gasteiger partial charge in [-0.3, -0.25) is 9.13 Å². The molecule has 12 nitrogen and oxygen atoms in total. The zero-order valence-corrected chi connectivity index (χ0v) is 26.2. The predicted molar refractivity (Wildman–Crippen MR) is 158 cm³/mol. The molecule has 2 heterocycles. The van der Waals surface area contributed by atoms with Crippen molar-refractivity contribution in [3.63, 3.8) is 0 Å². The highest BCUT2D eigenvalue weighted by atomic mass is 32.2. The summed E-state index contributed by atoms with van der Waals surface area (Å²) in [5.74, 6) is 0.0383. The van der Waals surface area contributed by atoms with E-state index in [0.29, 0.717) is 11.8 Å². The molecule has 0 spiro atoms. The minimum atomic E-state index is -4.18. The smallest absolute Gasteiger partial charge is 0.353 e. The molecule has 4 N–H and O–H groups in total. The number of aliphatic hydroxyl groups excluding tert-OH is 1. The van der Waals surface area contributed by atoms with Crippen LogP contribution in [-0.2, 0) is 34.9 Å². The zero-order chi connectivity index (χ0) is 30.2. The largest absolute Gasteiger partial charge is 0.394 e. The number of unbranched alkanes of at least 4 members (excludes halogenated alkanes) is 9. The Hall–Kier alpha value is -1.34. The number of aromatic nitrogens is 2. The van der Waals surface area contributed by atoms with Crippen LogP contribution in [0.1, 0.15) is 84.0 Å². The first-order valence-corrected chi connectivity index (χ1v) is 18.3. The van der Waals surface area contributed by atoms with Crippen molar-refractivity contribution in [3.8, 4) is 0 Å². The highest BCUT2D eigenvalue weighted by Gasteiger charge is 2.32. The quantitative estimate of drug-likeness (QED) is 0.113. The summed E-state index contributed by atoms with van der Waals surface area (Å²) in [6.07, 6.45) is 12.3. The summed E-state index contributed by atoms with van der Waals surface area (Å²) in [5.41, 5.74) is 5.22. The van der Waals surface area contributed by atoms with E-state index < -0.39 is 42.2 Å². The Morgan fingerprint density at radius 2 is 1.66 bits per heavy atom. The fourth-order valence-electron chi connectivity index (χ4n) is 4.67. The van der Waals surface area contributed by atoms with E-state index in [1.54, 1.807) is 0 Å². The number of rotatable bonds is 24. The molecular formula is C27H50N3O9PS. The minimum absolute atomic E-state index is 0.0514. The molecule has 0 bridgehead atoms. The maximum atomic E-state index is 12.3. The zero-order valence-electron chi connectivity index (χ0n) is 24.5. The van der Waals surface area contributed by atoms with Gasteiger partial charge in [0.05, 0.1) is 50.6 Å². The summed E-state index contributed by atoms with van der Waals surface area (Å²) in [5, 5.41) is 9.47. The molecule has 2 atom stereocenters. The Morgan fingerprint density at radius 1 is 1.07 bits per heavy atom. The van der Waals surface area contributed by atoms with Gasteiger partial charge in [-0.2, -0.15) is 4.98 Å². The second-order valence-electron chi connectivity index (χ2n) is 11.5. The van der Waals surface area contributed by atoms with E-state index in [1.807, 2.05) is 0 Å². The van der Waals surface area contributed by atoms with Crippen LogP contribution in [-0.4, -0.2) is 78.4 Å². The molecule has 0 saturated carbocycles. The Morgan fingerprint density at radius 3 is 2.22 bits per heavy atom. The molecule has 1 aromatic rings. The second kappa shape index (κ2) is 18.4. The van der Waals surface area contributed by atoms with Crippen molar-refractivity contribution in [2.75, 3.05) is 50.0 Å². The number of hydrogen-bond donors (Lipinski definition) is 3. The van der Waals surface area contributed by atoms with E-state index in [4.69, 9.17) is 19.7 Å². The highest BCUT2D eigenvalue weighted by molar-refractivity contribution is 7.91. The van der Waals surface area contributed by atoms with Crippen molar-refractivity contribution in [1.29, 1.82) is 0 Å². The van der Waals surface area contributed by atoms with Gasteiger partial charge in [0.25, 0.3) is 0 Å². The molecule has 1 fully saturated rings. The predicted octanol–water partition coefficient (Wildman–Crippen LogP) is 3.50. The van der Waals surface area contributed by atoms with Gasteiger partial charge in [0, 0.05) is 11.6 Å². The van der Waals surface area contributed by atoms with Crippen LogP contribution in [0, 0.1) is 5.41 Å². The van der Waals surface area contributed by atoms with Crippen LogP contribution in [0.15, 0.2) is 17.1 Å². The van der Waals surface area contributed by atoms with Gasteiger partial charge in [0.15, 0.2) is 0 Å². The van der Waals surface area contributed by atoms with Crippen LogP contribution in [0.5, 0.6) is 0 Å². The lowest BCUT2D eigenvalue weighted by molar-refractivity contribution is -0.106. The van der Waals surface area contributed by atoms with E-state index in [1.165, 1.54) is 57.2 Å². The van der Waals surface area contributed by atoms with Crippen molar-refractivity contribution < 1.29 is 37.0 Å². The maximum Gasteiger partial charge on any atom is 0.353 e. The first-order chi connectivity index (χ1) is 19.4. The van der Waals surface area contributed by atoms with Crippen LogP contribution in [0.3, 0.4) is 0 Å². The number of ether oxygens (including phenoxy) is 2. The van der Waals surface area contributed by atoms with Gasteiger partial charge in [-0.25, -0.2) is 13.2 Å². The SMILES string of the molecule is CC1(CCCCCCCCCCCCS(=O)(=O)CCCOP(=O)(O)COC(CO)Cn2ccc(N)nc2=O)COC1. The fraction of sp³-hybridized carbons (Fsp3) is 0.852. The van der Waals surface area contributed by atoms with Crippen LogP contribution in [0.25, 0.3) is 0 Å². The van der Waals surface area contributed by atoms with Crippen molar-refractivity contribution in [2.45, 2.75) is 96.6 Å². The van der Waals surface area contributed by atoms with Crippen molar-refractivity contribution in [3.05, 3.63) is 22.7 Å². The molecule has 0 amide bonds. The normalized spacial score (nSPS) is 17.1. The number of aliphatic hydroxyl groups is 1. The Labute approximate surface area is 244 Å². The van der Waals surface area contributed by atoms with E-state index in [0.717, 1.165) is 37.0 Å². The lowest BCUT2D eigenvalue weighted by atomic mass is 9.83. The van der Waals surface area contributed by atoms with Gasteiger partial charge < -0.3 is 29.7 Å². The molecule has 1 saturated heterocycles. The van der Waals surface area contributed by atoms with Gasteiger partial charge in [0.1, 0.15) is 22.0 Å². The molecular weight excluding hydrogens is 573 g/mol. The Balaban J connectivity index is 1.46. The van der Waals surface area contributed by atoms with E-state index >= 15 is 0 Å². The fourth-order valence-corrected chi connectivity index (χ4v) is 6.97. The second-order valence-corrected chi connectivity index (χ2v) is 15.5. The lowest BCUT2D eigenvalue weighted by Crippen LogP contribution is -2.39. The molecule has 2 rings (SSSR count). The molecule has 1 aliphatic heterocycles. The van der Waals surface area contributed by atoms with Gasteiger partial charge in [-0.15, -0.1) is 0 Å². The molecule has 41 heavy (non-hydrogen) atoms. The summed E-state index contributed by atoms with van der Waals surface area (Å²) in [4.78, 5) is 25.3. The monoisotopic (exact) mass is 623 g/mol. The molecule has 0 aliphatic carbocycles. The molecule has 0 aromatic carbocycles. The number of hydrogen-bond acceptors (Lipinski definition) is 10. The van der Waals surface area contributed by atoms with Crippen LogP contribution in [0.4, 0.5) is 5.82 Å². The number of nitrogens with zero attached hydrogens (tertiary/aromatic N) is 2. The average molecular weight is 624 g/mol. The summed E-state index contributed by atoms with van der Waals surface area (Å²) in [6.45, 7) is 3.31. The maximum absolute atomic E-state index is 12.3. The number of nitrogen functional groups attached to an aromatic ring is 1. The standard InChI is InChI=1S/C27H50N3O9PS/c1-27(21-37-22-27)14-10-8-6-4-2-3-5-7-9-11-17-41(35,36)18-12-16-39-40(33,34)23-38-24(20-31)19-30-15-13-25(28)29-26(30)32/h13,15,24,31H,2-12,14,16-23H2,1H3,(H,33,34)(H2,28,29,32). The number of anilines is 1. The van der Waals surface area contributed by atoms with Crippen molar-refractivity contribution in [1.82, 2.24) is 9.55 Å². The van der Waals surface area contributed by atoms with Gasteiger partial charge in [-0.1, -0.05) is 64.7 Å². The molecule has 1 aromatic heterocycles. The summed E-state index contributed by atoms with van der Waals surface area (Å²) in [6, 6.07) is 1.40. The summed E-state index contributed by atoms with van der Waals surface area (Å²) >= 11 is 0. The third kappa shape index (κ3) is 15.6.